The lowest BCUT2D eigenvalue weighted by atomic mass is 10.1. The minimum absolute atomic E-state index is 0.0269. The van der Waals surface area contributed by atoms with E-state index in [-0.39, 0.29) is 6.42 Å². The zero-order valence-corrected chi connectivity index (χ0v) is 15.4. The number of carbonyl (C=O) groups is 2. The third-order valence-electron chi connectivity index (χ3n) is 4.13. The van der Waals surface area contributed by atoms with E-state index in [1.54, 1.807) is 49.6 Å². The van der Waals surface area contributed by atoms with Crippen LogP contribution in [0.3, 0.4) is 0 Å². The summed E-state index contributed by atoms with van der Waals surface area (Å²) in [4.78, 5) is 24.5. The molecule has 0 saturated heterocycles. The van der Waals surface area contributed by atoms with Crippen LogP contribution in [0.2, 0.25) is 0 Å². The highest BCUT2D eigenvalue weighted by Crippen LogP contribution is 2.26. The minimum Gasteiger partial charge on any atom is -0.497 e. The number of methoxy groups -OCH3 is 1. The van der Waals surface area contributed by atoms with Crippen LogP contribution in [0.5, 0.6) is 5.75 Å². The van der Waals surface area contributed by atoms with E-state index in [0.717, 1.165) is 5.39 Å². The Bertz CT molecular complexity index is 1060. The molecule has 1 N–H and O–H groups in total. The highest BCUT2D eigenvalue weighted by molar-refractivity contribution is 5.95. The van der Waals surface area contributed by atoms with Crippen molar-refractivity contribution >= 4 is 28.5 Å². The van der Waals surface area contributed by atoms with Crippen molar-refractivity contribution in [3.8, 4) is 11.8 Å². The molecule has 0 unspecified atom stereocenters. The van der Waals surface area contributed by atoms with Gasteiger partial charge in [0.15, 0.2) is 6.10 Å². The molecule has 3 rings (SSSR count). The molecule has 2 aromatic carbocycles. The van der Waals surface area contributed by atoms with Gasteiger partial charge in [-0.3, -0.25) is 9.59 Å². The predicted octanol–water partition coefficient (Wildman–Crippen LogP) is 3.43. The standard InChI is InChI=1S/C21H18N2O5/c1-13(21(25)23-16-5-3-4-14(8-16)11-22)28-20(24)9-15-12-27-19-10-17(26-2)6-7-18(15)19/h3-8,10,12-13H,9H2,1-2H3,(H,23,25)/t13-/m0/s1. The van der Waals surface area contributed by atoms with Gasteiger partial charge in [0.1, 0.15) is 11.3 Å². The lowest BCUT2D eigenvalue weighted by Crippen LogP contribution is -2.30. The number of nitrogens with one attached hydrogen (secondary N) is 1. The quantitative estimate of drug-likeness (QED) is 0.660. The zero-order valence-electron chi connectivity index (χ0n) is 15.4. The Kier molecular flexibility index (Phi) is 5.61. The van der Waals surface area contributed by atoms with Crippen molar-refractivity contribution in [3.05, 3.63) is 59.9 Å². The van der Waals surface area contributed by atoms with E-state index in [2.05, 4.69) is 5.32 Å². The molecule has 0 radical (unpaired) electrons. The molecule has 0 aliphatic carbocycles. The number of anilines is 1. The summed E-state index contributed by atoms with van der Waals surface area (Å²) in [6.07, 6.45) is 0.473. The maximum atomic E-state index is 12.2. The maximum Gasteiger partial charge on any atom is 0.311 e. The molecule has 7 heteroatoms. The highest BCUT2D eigenvalue weighted by Gasteiger charge is 2.20. The molecule has 0 bridgehead atoms. The van der Waals surface area contributed by atoms with E-state index in [1.165, 1.54) is 13.2 Å². The molecule has 0 spiro atoms. The summed E-state index contributed by atoms with van der Waals surface area (Å²) in [5.41, 5.74) is 2.15. The van der Waals surface area contributed by atoms with Gasteiger partial charge < -0.3 is 19.2 Å². The normalized spacial score (nSPS) is 11.5. The van der Waals surface area contributed by atoms with E-state index in [4.69, 9.17) is 19.2 Å². The molecule has 0 saturated carbocycles. The first-order valence-electron chi connectivity index (χ1n) is 8.55. The predicted molar refractivity (Wildman–Crippen MR) is 102 cm³/mol. The van der Waals surface area contributed by atoms with Gasteiger partial charge in [-0.05, 0) is 37.3 Å². The van der Waals surface area contributed by atoms with Crippen molar-refractivity contribution in [2.45, 2.75) is 19.4 Å². The molecule has 142 valence electrons. The fraction of sp³-hybridized carbons (Fsp3) is 0.190. The summed E-state index contributed by atoms with van der Waals surface area (Å²) in [6, 6.07) is 13.8. The molecular formula is C21H18N2O5. The third-order valence-corrected chi connectivity index (χ3v) is 4.13. The molecule has 28 heavy (non-hydrogen) atoms. The molecule has 1 atom stereocenters. The van der Waals surface area contributed by atoms with Crippen LogP contribution in [0, 0.1) is 11.3 Å². The Labute approximate surface area is 161 Å². The average molecular weight is 378 g/mol. The van der Waals surface area contributed by atoms with Gasteiger partial charge in [0.25, 0.3) is 5.91 Å². The number of benzene rings is 2. The Morgan fingerprint density at radius 3 is 2.82 bits per heavy atom. The van der Waals surface area contributed by atoms with Crippen LogP contribution in [0.1, 0.15) is 18.1 Å². The van der Waals surface area contributed by atoms with Gasteiger partial charge in [-0.2, -0.15) is 5.26 Å². The van der Waals surface area contributed by atoms with Gasteiger partial charge in [0.2, 0.25) is 0 Å². The van der Waals surface area contributed by atoms with Crippen LogP contribution in [-0.2, 0) is 20.7 Å². The van der Waals surface area contributed by atoms with E-state index in [1.807, 2.05) is 6.07 Å². The van der Waals surface area contributed by atoms with Gasteiger partial charge in [-0.25, -0.2) is 0 Å². The van der Waals surface area contributed by atoms with Crippen LogP contribution in [0.15, 0.2) is 53.1 Å². The monoisotopic (exact) mass is 378 g/mol. The number of rotatable bonds is 6. The van der Waals surface area contributed by atoms with Gasteiger partial charge in [0, 0.05) is 22.7 Å². The van der Waals surface area contributed by atoms with Crippen LogP contribution in [0.25, 0.3) is 11.0 Å². The molecule has 7 nitrogen and oxygen atoms in total. The topological polar surface area (TPSA) is 102 Å². The average Bonchev–Trinajstić information content (AvgIpc) is 3.09. The third kappa shape index (κ3) is 4.30. The number of hydrogen-bond acceptors (Lipinski definition) is 6. The summed E-state index contributed by atoms with van der Waals surface area (Å²) in [5, 5.41) is 12.3. The van der Waals surface area contributed by atoms with Gasteiger partial charge in [-0.15, -0.1) is 0 Å². The Morgan fingerprint density at radius 2 is 2.07 bits per heavy atom. The first kappa shape index (κ1) is 19.0. The fourth-order valence-electron chi connectivity index (χ4n) is 2.69. The van der Waals surface area contributed by atoms with Crippen molar-refractivity contribution in [1.82, 2.24) is 0 Å². The van der Waals surface area contributed by atoms with Crippen LogP contribution >= 0.6 is 0 Å². The van der Waals surface area contributed by atoms with Crippen LogP contribution in [-0.4, -0.2) is 25.1 Å². The van der Waals surface area contributed by atoms with Crippen molar-refractivity contribution in [1.29, 1.82) is 5.26 Å². The van der Waals surface area contributed by atoms with Crippen LogP contribution in [0.4, 0.5) is 5.69 Å². The number of nitriles is 1. The number of hydrogen-bond donors (Lipinski definition) is 1. The first-order valence-corrected chi connectivity index (χ1v) is 8.55. The summed E-state index contributed by atoms with van der Waals surface area (Å²) in [6.45, 7) is 1.49. The van der Waals surface area contributed by atoms with E-state index < -0.39 is 18.0 Å². The number of amides is 1. The van der Waals surface area contributed by atoms with Crippen molar-refractivity contribution in [2.75, 3.05) is 12.4 Å². The number of nitrogens with zero attached hydrogens (tertiary/aromatic N) is 1. The SMILES string of the molecule is COc1ccc2c(CC(=O)O[C@@H](C)C(=O)Nc3cccc(C#N)c3)coc2c1. The Morgan fingerprint density at radius 1 is 1.25 bits per heavy atom. The zero-order chi connectivity index (χ0) is 20.1. The summed E-state index contributed by atoms with van der Waals surface area (Å²) in [5.74, 6) is -0.376. The second-order valence-electron chi connectivity index (χ2n) is 6.11. The first-order chi connectivity index (χ1) is 13.5. The van der Waals surface area contributed by atoms with Crippen molar-refractivity contribution in [3.63, 3.8) is 0 Å². The van der Waals surface area contributed by atoms with Crippen LogP contribution < -0.4 is 10.1 Å². The van der Waals surface area contributed by atoms with E-state index in [0.29, 0.717) is 28.1 Å². The Hall–Kier alpha value is -3.79. The summed E-state index contributed by atoms with van der Waals surface area (Å²) in [7, 11) is 1.56. The molecule has 0 aliphatic heterocycles. The molecule has 0 fully saturated rings. The molecule has 1 aromatic heterocycles. The summed E-state index contributed by atoms with van der Waals surface area (Å²) >= 11 is 0. The smallest absolute Gasteiger partial charge is 0.311 e. The number of esters is 1. The highest BCUT2D eigenvalue weighted by atomic mass is 16.5. The van der Waals surface area contributed by atoms with Gasteiger partial charge in [0.05, 0.1) is 31.4 Å². The molecule has 1 heterocycles. The summed E-state index contributed by atoms with van der Waals surface area (Å²) < 4.78 is 15.8. The fourth-order valence-corrected chi connectivity index (χ4v) is 2.69. The molecular weight excluding hydrogens is 360 g/mol. The largest absolute Gasteiger partial charge is 0.497 e. The second-order valence-corrected chi connectivity index (χ2v) is 6.11. The lowest BCUT2D eigenvalue weighted by Gasteiger charge is -2.13. The van der Waals surface area contributed by atoms with Gasteiger partial charge >= 0.3 is 5.97 Å². The van der Waals surface area contributed by atoms with Crippen molar-refractivity contribution < 1.29 is 23.5 Å². The number of ether oxygens (including phenoxy) is 2. The lowest BCUT2D eigenvalue weighted by molar-refractivity contribution is -0.152. The van der Waals surface area contributed by atoms with E-state index >= 15 is 0 Å². The molecule has 0 aliphatic rings. The number of carbonyl (C=O) groups excluding carboxylic acids is 2. The maximum absolute atomic E-state index is 12.2. The van der Waals surface area contributed by atoms with Gasteiger partial charge in [-0.1, -0.05) is 6.07 Å². The molecule has 3 aromatic rings. The number of fused-ring (bicyclic) bond motifs is 1. The number of furan rings is 1. The minimum atomic E-state index is -0.989. The van der Waals surface area contributed by atoms with Crippen molar-refractivity contribution in [2.24, 2.45) is 0 Å². The van der Waals surface area contributed by atoms with E-state index in [9.17, 15) is 9.59 Å². The second kappa shape index (κ2) is 8.27. The Balaban J connectivity index is 1.61. The molecule has 1 amide bonds.